The van der Waals surface area contributed by atoms with Crippen LogP contribution >= 0.6 is 0 Å². The van der Waals surface area contributed by atoms with Crippen LogP contribution in [0.1, 0.15) is 45.7 Å². The first-order chi connectivity index (χ1) is 17.7. The molecule has 3 unspecified atom stereocenters. The van der Waals surface area contributed by atoms with Crippen LogP contribution in [0.3, 0.4) is 0 Å². The van der Waals surface area contributed by atoms with Gasteiger partial charge in [-0.25, -0.2) is 9.59 Å². The minimum Gasteiger partial charge on any atom is -0.487 e. The van der Waals surface area contributed by atoms with Gasteiger partial charge < -0.3 is 24.6 Å². The molecule has 1 fully saturated rings. The Kier molecular flexibility index (Phi) is 7.14. The normalized spacial score (nSPS) is 21.8. The molecule has 2 N–H and O–H groups in total. The van der Waals surface area contributed by atoms with Crippen LogP contribution in [0, 0.1) is 15.5 Å². The highest BCUT2D eigenvalue weighted by molar-refractivity contribution is 5.70. The monoisotopic (exact) mass is 527 g/mol. The van der Waals surface area contributed by atoms with E-state index in [-0.39, 0.29) is 24.6 Å². The third-order valence-electron chi connectivity index (χ3n) is 6.69. The first kappa shape index (κ1) is 27.0. The van der Waals surface area contributed by atoms with Gasteiger partial charge in [0.1, 0.15) is 24.1 Å². The Hall–Kier alpha value is -4.02. The van der Waals surface area contributed by atoms with Gasteiger partial charge in [-0.15, -0.1) is 0 Å². The second kappa shape index (κ2) is 10.0. The smallest absolute Gasteiger partial charge is 0.407 e. The molecule has 2 aromatic rings. The van der Waals surface area contributed by atoms with Gasteiger partial charge in [-0.05, 0) is 24.8 Å². The topological polar surface area (TPSA) is 140 Å². The summed E-state index contributed by atoms with van der Waals surface area (Å²) in [6, 6.07) is 10.5. The molecular weight excluding hydrogens is 494 g/mol. The zero-order valence-electron chi connectivity index (χ0n) is 22.1. The Bertz CT molecular complexity index is 1220. The van der Waals surface area contributed by atoms with Gasteiger partial charge in [-0.2, -0.15) is 0 Å². The van der Waals surface area contributed by atoms with Crippen LogP contribution in [0.2, 0.25) is 0 Å². The maximum Gasteiger partial charge on any atom is 0.407 e. The molecule has 2 aromatic carbocycles. The van der Waals surface area contributed by atoms with E-state index < -0.39 is 46.3 Å². The number of nitro benzene ring substituents is 1. The fraction of sp³-hybridized carbons (Fsp3) is 0.481. The van der Waals surface area contributed by atoms with E-state index in [2.05, 4.69) is 5.32 Å². The van der Waals surface area contributed by atoms with Crippen molar-refractivity contribution in [1.29, 1.82) is 0 Å². The Labute approximate surface area is 220 Å². The fourth-order valence-corrected chi connectivity index (χ4v) is 5.18. The molecule has 4 rings (SSSR count). The second-order valence-electron chi connectivity index (χ2n) is 11.4. The lowest BCUT2D eigenvalue weighted by atomic mass is 9.83. The van der Waals surface area contributed by atoms with Crippen molar-refractivity contribution < 1.29 is 33.8 Å². The Balaban J connectivity index is 1.64. The summed E-state index contributed by atoms with van der Waals surface area (Å²) in [6.07, 6.45) is -2.38. The minimum atomic E-state index is -1.19. The van der Waals surface area contributed by atoms with Gasteiger partial charge in [-0.1, -0.05) is 51.1 Å². The van der Waals surface area contributed by atoms with E-state index in [1.807, 2.05) is 65.0 Å². The van der Waals surface area contributed by atoms with Crippen LogP contribution in [-0.4, -0.2) is 57.4 Å². The highest BCUT2D eigenvalue weighted by Gasteiger charge is 2.52. The van der Waals surface area contributed by atoms with E-state index in [4.69, 9.17) is 14.2 Å². The summed E-state index contributed by atoms with van der Waals surface area (Å²) in [7, 11) is 0. The number of hydrogen-bond donors (Lipinski definition) is 2. The number of nitro groups is 1. The van der Waals surface area contributed by atoms with Gasteiger partial charge in [0.05, 0.1) is 17.0 Å². The molecule has 0 spiro atoms. The highest BCUT2D eigenvalue weighted by atomic mass is 16.6. The standard InChI is InChI=1S/C27H33N3O8/c1-26(2,3)23-22(37-21-12-20-17(11-19(21)30(34)35)13-27(4,5)38-20)18(14-29(23)25(32)33)28-24(31)36-15-16-9-7-6-8-10-16/h6-12,18,22-23H,13-15H2,1-5H3,(H,28,31)(H,32,33). The van der Waals surface area contributed by atoms with Crippen LogP contribution in [-0.2, 0) is 17.8 Å². The first-order valence-electron chi connectivity index (χ1n) is 12.4. The number of hydrogen-bond acceptors (Lipinski definition) is 7. The number of benzene rings is 2. The molecule has 2 aliphatic rings. The van der Waals surface area contributed by atoms with Crippen molar-refractivity contribution in [1.82, 2.24) is 10.2 Å². The van der Waals surface area contributed by atoms with Crippen molar-refractivity contribution in [3.63, 3.8) is 0 Å². The lowest BCUT2D eigenvalue weighted by molar-refractivity contribution is -0.386. The molecule has 2 heterocycles. The van der Waals surface area contributed by atoms with Crippen molar-refractivity contribution in [2.24, 2.45) is 5.41 Å². The summed E-state index contributed by atoms with van der Waals surface area (Å²) in [5.74, 6) is 0.421. The minimum absolute atomic E-state index is 0.0275. The van der Waals surface area contributed by atoms with Gasteiger partial charge in [0, 0.05) is 30.7 Å². The summed E-state index contributed by atoms with van der Waals surface area (Å²) in [4.78, 5) is 37.6. The average molecular weight is 528 g/mol. The molecule has 0 saturated carbocycles. The molecule has 2 amide bonds. The lowest BCUT2D eigenvalue weighted by Crippen LogP contribution is -2.52. The number of likely N-dealkylation sites (tertiary alicyclic amines) is 1. The number of nitrogens with zero attached hydrogens (tertiary/aromatic N) is 2. The molecule has 0 radical (unpaired) electrons. The molecule has 204 valence electrons. The predicted octanol–water partition coefficient (Wildman–Crippen LogP) is 4.76. The van der Waals surface area contributed by atoms with Crippen LogP contribution in [0.15, 0.2) is 42.5 Å². The van der Waals surface area contributed by atoms with Crippen LogP contribution in [0.25, 0.3) is 0 Å². The molecule has 38 heavy (non-hydrogen) atoms. The average Bonchev–Trinajstić information content (AvgIpc) is 3.33. The van der Waals surface area contributed by atoms with Gasteiger partial charge in [0.15, 0.2) is 0 Å². The maximum atomic E-state index is 12.7. The van der Waals surface area contributed by atoms with Gasteiger partial charge >= 0.3 is 17.9 Å². The number of fused-ring (bicyclic) bond motifs is 1. The zero-order chi connectivity index (χ0) is 27.8. The van der Waals surface area contributed by atoms with E-state index in [0.29, 0.717) is 17.7 Å². The largest absolute Gasteiger partial charge is 0.487 e. The number of alkyl carbamates (subject to hydrolysis) is 1. The van der Waals surface area contributed by atoms with Gasteiger partial charge in [-0.3, -0.25) is 15.0 Å². The maximum absolute atomic E-state index is 12.7. The second-order valence-corrected chi connectivity index (χ2v) is 11.4. The lowest BCUT2D eigenvalue weighted by Gasteiger charge is -2.37. The first-order valence-corrected chi connectivity index (χ1v) is 12.4. The molecule has 0 aromatic heterocycles. The van der Waals surface area contributed by atoms with Crippen molar-refractivity contribution in [3.8, 4) is 11.5 Å². The number of carboxylic acid groups (broad SMARTS) is 1. The number of rotatable bonds is 6. The molecule has 1 saturated heterocycles. The van der Waals surface area contributed by atoms with Crippen molar-refractivity contribution in [3.05, 3.63) is 63.7 Å². The summed E-state index contributed by atoms with van der Waals surface area (Å²) < 4.78 is 17.6. The number of carbonyl (C=O) groups excluding carboxylic acids is 1. The van der Waals surface area contributed by atoms with E-state index >= 15 is 0 Å². The quantitative estimate of drug-likeness (QED) is 0.405. The molecule has 11 nitrogen and oxygen atoms in total. The Morgan fingerprint density at radius 2 is 1.92 bits per heavy atom. The summed E-state index contributed by atoms with van der Waals surface area (Å²) in [6.45, 7) is 9.27. The van der Waals surface area contributed by atoms with Gasteiger partial charge in [0.25, 0.3) is 0 Å². The van der Waals surface area contributed by atoms with E-state index in [0.717, 1.165) is 5.56 Å². The summed E-state index contributed by atoms with van der Waals surface area (Å²) in [5.41, 5.74) is 0.0784. The van der Waals surface area contributed by atoms with Crippen molar-refractivity contribution in [2.45, 2.75) is 71.4 Å². The molecule has 3 atom stereocenters. The van der Waals surface area contributed by atoms with Crippen LogP contribution < -0.4 is 14.8 Å². The van der Waals surface area contributed by atoms with Crippen LogP contribution in [0.5, 0.6) is 11.5 Å². The number of ether oxygens (including phenoxy) is 3. The summed E-state index contributed by atoms with van der Waals surface area (Å²) >= 11 is 0. The molecule has 0 bridgehead atoms. The number of carbonyl (C=O) groups is 2. The highest BCUT2D eigenvalue weighted by Crippen LogP contribution is 2.44. The van der Waals surface area contributed by atoms with E-state index in [1.54, 1.807) is 0 Å². The Morgan fingerprint density at radius 1 is 1.24 bits per heavy atom. The molecular formula is C27H33N3O8. The van der Waals surface area contributed by atoms with Crippen molar-refractivity contribution >= 4 is 17.9 Å². The molecule has 11 heteroatoms. The van der Waals surface area contributed by atoms with E-state index in [9.17, 15) is 24.8 Å². The Morgan fingerprint density at radius 3 is 2.53 bits per heavy atom. The van der Waals surface area contributed by atoms with E-state index in [1.165, 1.54) is 17.0 Å². The zero-order valence-corrected chi connectivity index (χ0v) is 22.1. The molecule has 0 aliphatic carbocycles. The number of amides is 2. The van der Waals surface area contributed by atoms with Crippen LogP contribution in [0.4, 0.5) is 15.3 Å². The third-order valence-corrected chi connectivity index (χ3v) is 6.69. The fourth-order valence-electron chi connectivity index (χ4n) is 5.18. The van der Waals surface area contributed by atoms with Crippen molar-refractivity contribution in [2.75, 3.05) is 6.54 Å². The third kappa shape index (κ3) is 5.76. The predicted molar refractivity (Wildman–Crippen MR) is 137 cm³/mol. The summed E-state index contributed by atoms with van der Waals surface area (Å²) in [5, 5.41) is 24.7. The SMILES string of the molecule is CC1(C)Cc2cc([N+](=O)[O-])c(OC3C(NC(=O)OCc4ccccc4)CN(C(=O)O)C3C(C)(C)C)cc2O1. The number of nitrogens with one attached hydrogen (secondary N) is 1. The van der Waals surface area contributed by atoms with Gasteiger partial charge in [0.2, 0.25) is 5.75 Å². The molecule has 2 aliphatic heterocycles.